The molecule has 0 fully saturated rings. The van der Waals surface area contributed by atoms with Gasteiger partial charge >= 0.3 is 0 Å². The van der Waals surface area contributed by atoms with Gasteiger partial charge in [0.1, 0.15) is 11.4 Å². The van der Waals surface area contributed by atoms with E-state index < -0.39 is 10.0 Å². The molecule has 1 aliphatic rings. The fraction of sp³-hybridized carbons (Fsp3) is 0.240. The number of hydrogen-bond acceptors (Lipinski definition) is 6. The van der Waals surface area contributed by atoms with Crippen LogP contribution >= 0.6 is 0 Å². The SMILES string of the molecule is Cc1ccc(-c2ccc(=O)n(-c3c(C)noc3C)n2)cc1S(=O)(=O)N1c2ccccc2C[C@@H]1C. The van der Waals surface area contributed by atoms with Crippen molar-refractivity contribution in [2.75, 3.05) is 4.31 Å². The molecule has 9 heteroatoms. The van der Waals surface area contributed by atoms with E-state index in [2.05, 4.69) is 10.3 Å². The first-order chi connectivity index (χ1) is 16.2. The summed E-state index contributed by atoms with van der Waals surface area (Å²) in [5, 5.41) is 8.41. The first-order valence-corrected chi connectivity index (χ1v) is 12.4. The third-order valence-corrected chi connectivity index (χ3v) is 8.24. The lowest BCUT2D eigenvalue weighted by Gasteiger charge is -2.25. The highest BCUT2D eigenvalue weighted by Gasteiger charge is 2.36. The summed E-state index contributed by atoms with van der Waals surface area (Å²) in [5.41, 5.74) is 4.11. The Morgan fingerprint density at radius 3 is 2.53 bits per heavy atom. The van der Waals surface area contributed by atoms with Crippen LogP contribution in [0.15, 0.2) is 68.8 Å². The highest BCUT2D eigenvalue weighted by molar-refractivity contribution is 7.93. The van der Waals surface area contributed by atoms with E-state index in [4.69, 9.17) is 4.52 Å². The molecule has 1 aliphatic heterocycles. The van der Waals surface area contributed by atoms with Gasteiger partial charge in [-0.15, -0.1) is 0 Å². The first kappa shape index (κ1) is 22.1. The Morgan fingerprint density at radius 2 is 1.79 bits per heavy atom. The minimum Gasteiger partial charge on any atom is -0.359 e. The van der Waals surface area contributed by atoms with Crippen molar-refractivity contribution in [2.24, 2.45) is 0 Å². The molecule has 0 spiro atoms. The summed E-state index contributed by atoms with van der Waals surface area (Å²) < 4.78 is 35.6. The monoisotopic (exact) mass is 476 g/mol. The van der Waals surface area contributed by atoms with E-state index in [-0.39, 0.29) is 16.5 Å². The molecule has 0 radical (unpaired) electrons. The highest BCUT2D eigenvalue weighted by Crippen LogP contribution is 2.38. The summed E-state index contributed by atoms with van der Waals surface area (Å²) in [4.78, 5) is 12.8. The lowest BCUT2D eigenvalue weighted by molar-refractivity contribution is 0.392. The molecule has 0 amide bonds. The molecule has 2 aromatic heterocycles. The molecule has 3 heterocycles. The van der Waals surface area contributed by atoms with Gasteiger partial charge in [0.25, 0.3) is 15.6 Å². The summed E-state index contributed by atoms with van der Waals surface area (Å²) in [6, 6.07) is 15.6. The average molecular weight is 477 g/mol. The lowest BCUT2D eigenvalue weighted by atomic mass is 10.1. The van der Waals surface area contributed by atoms with Crippen LogP contribution in [0.1, 0.15) is 29.5 Å². The maximum absolute atomic E-state index is 13.8. The van der Waals surface area contributed by atoms with Gasteiger partial charge in [-0.1, -0.05) is 35.5 Å². The largest absolute Gasteiger partial charge is 0.359 e. The number of aromatic nitrogens is 3. The summed E-state index contributed by atoms with van der Waals surface area (Å²) in [6.45, 7) is 7.14. The van der Waals surface area contributed by atoms with Gasteiger partial charge in [-0.2, -0.15) is 9.78 Å². The van der Waals surface area contributed by atoms with Crippen LogP contribution in [0.2, 0.25) is 0 Å². The van der Waals surface area contributed by atoms with Crippen molar-refractivity contribution in [3.05, 3.63) is 87.5 Å². The fourth-order valence-electron chi connectivity index (χ4n) is 4.55. The Hall–Kier alpha value is -3.72. The smallest absolute Gasteiger partial charge is 0.271 e. The second kappa shape index (κ2) is 7.95. The number of benzene rings is 2. The van der Waals surface area contributed by atoms with Gasteiger partial charge in [-0.3, -0.25) is 9.10 Å². The van der Waals surface area contributed by atoms with Gasteiger partial charge in [-0.05, 0) is 63.4 Å². The molecule has 0 N–H and O–H groups in total. The molecule has 174 valence electrons. The molecule has 0 saturated heterocycles. The summed E-state index contributed by atoms with van der Waals surface area (Å²) in [5.74, 6) is 0.470. The summed E-state index contributed by atoms with van der Waals surface area (Å²) in [6.07, 6.45) is 0.665. The Morgan fingerprint density at radius 1 is 1.03 bits per heavy atom. The number of hydrogen-bond donors (Lipinski definition) is 0. The zero-order valence-electron chi connectivity index (χ0n) is 19.3. The second-order valence-corrected chi connectivity index (χ2v) is 10.4. The van der Waals surface area contributed by atoms with E-state index >= 15 is 0 Å². The lowest BCUT2D eigenvalue weighted by Crippen LogP contribution is -2.36. The maximum Gasteiger partial charge on any atom is 0.271 e. The highest BCUT2D eigenvalue weighted by atomic mass is 32.2. The predicted molar refractivity (Wildman–Crippen MR) is 129 cm³/mol. The van der Waals surface area contributed by atoms with E-state index in [0.29, 0.717) is 46.1 Å². The molecule has 2 aromatic carbocycles. The molecule has 34 heavy (non-hydrogen) atoms. The molecule has 5 rings (SSSR count). The average Bonchev–Trinajstić information content (AvgIpc) is 3.32. The molecule has 1 atom stereocenters. The topological polar surface area (TPSA) is 98.3 Å². The van der Waals surface area contributed by atoms with E-state index in [1.54, 1.807) is 45.0 Å². The zero-order chi connectivity index (χ0) is 24.2. The molecule has 4 aromatic rings. The molecule has 0 unspecified atom stereocenters. The van der Waals surface area contributed by atoms with Crippen molar-refractivity contribution in [3.8, 4) is 16.9 Å². The minimum absolute atomic E-state index is 0.190. The van der Waals surface area contributed by atoms with E-state index in [9.17, 15) is 13.2 Å². The number of para-hydroxylation sites is 1. The van der Waals surface area contributed by atoms with Gasteiger partial charge in [0.15, 0.2) is 5.76 Å². The molecular weight excluding hydrogens is 452 g/mol. The van der Waals surface area contributed by atoms with Crippen LogP contribution in [0, 0.1) is 20.8 Å². The van der Waals surface area contributed by atoms with Crippen LogP contribution < -0.4 is 9.86 Å². The van der Waals surface area contributed by atoms with Crippen LogP contribution in [-0.4, -0.2) is 29.4 Å². The Bertz CT molecular complexity index is 1570. The fourth-order valence-corrected chi connectivity index (χ4v) is 6.50. The minimum atomic E-state index is -3.83. The quantitative estimate of drug-likeness (QED) is 0.442. The van der Waals surface area contributed by atoms with Crippen LogP contribution in [0.3, 0.4) is 0 Å². The Labute approximate surface area is 197 Å². The normalized spacial score (nSPS) is 15.5. The third-order valence-electron chi connectivity index (χ3n) is 6.17. The van der Waals surface area contributed by atoms with E-state index in [1.165, 1.54) is 15.1 Å². The van der Waals surface area contributed by atoms with Crippen molar-refractivity contribution in [2.45, 2.75) is 45.1 Å². The van der Waals surface area contributed by atoms with Gasteiger partial charge < -0.3 is 4.52 Å². The Kier molecular flexibility index (Phi) is 5.16. The van der Waals surface area contributed by atoms with Crippen molar-refractivity contribution in [1.82, 2.24) is 14.9 Å². The number of rotatable bonds is 4. The van der Waals surface area contributed by atoms with Crippen molar-refractivity contribution >= 4 is 15.7 Å². The molecule has 8 nitrogen and oxygen atoms in total. The van der Waals surface area contributed by atoms with E-state index in [1.807, 2.05) is 31.2 Å². The van der Waals surface area contributed by atoms with Gasteiger partial charge in [0.2, 0.25) is 0 Å². The first-order valence-electron chi connectivity index (χ1n) is 11.0. The van der Waals surface area contributed by atoms with Gasteiger partial charge in [-0.25, -0.2) is 8.42 Å². The maximum atomic E-state index is 13.8. The van der Waals surface area contributed by atoms with Crippen LogP contribution in [-0.2, 0) is 16.4 Å². The molecule has 0 bridgehead atoms. The molecule has 0 saturated carbocycles. The zero-order valence-corrected chi connectivity index (χ0v) is 20.1. The predicted octanol–water partition coefficient (Wildman–Crippen LogP) is 3.95. The van der Waals surface area contributed by atoms with Crippen molar-refractivity contribution < 1.29 is 12.9 Å². The number of sulfonamides is 1. The third kappa shape index (κ3) is 3.43. The van der Waals surface area contributed by atoms with Crippen molar-refractivity contribution in [3.63, 3.8) is 0 Å². The second-order valence-electron chi connectivity index (χ2n) is 8.60. The van der Waals surface area contributed by atoms with Gasteiger partial charge in [0, 0.05) is 17.7 Å². The number of anilines is 1. The van der Waals surface area contributed by atoms with E-state index in [0.717, 1.165) is 5.56 Å². The van der Waals surface area contributed by atoms with Crippen LogP contribution in [0.25, 0.3) is 16.9 Å². The molecule has 0 aliphatic carbocycles. The number of aryl methyl sites for hydroxylation is 3. The van der Waals surface area contributed by atoms with Gasteiger partial charge in [0.05, 0.1) is 16.3 Å². The standard InChI is InChI=1S/C25H24N4O4S/c1-15-9-10-19(21-11-12-24(30)28(26-21)25-17(3)27-33-18(25)4)14-23(15)34(31,32)29-16(2)13-20-7-5-6-8-22(20)29/h5-12,14,16H,13H2,1-4H3/t16-/m0/s1. The summed E-state index contributed by atoms with van der Waals surface area (Å²) >= 11 is 0. The summed E-state index contributed by atoms with van der Waals surface area (Å²) in [7, 11) is -3.83. The molecular formula is C25H24N4O4S. The van der Waals surface area contributed by atoms with Crippen molar-refractivity contribution in [1.29, 1.82) is 0 Å². The number of nitrogens with zero attached hydrogens (tertiary/aromatic N) is 4. The van der Waals surface area contributed by atoms with Crippen LogP contribution in [0.4, 0.5) is 5.69 Å². The Balaban J connectivity index is 1.63. The number of fused-ring (bicyclic) bond motifs is 1. The van der Waals surface area contributed by atoms with Crippen LogP contribution in [0.5, 0.6) is 0 Å².